The molecule has 1 aromatic heterocycles. The molecule has 0 unspecified atom stereocenters. The van der Waals surface area contributed by atoms with Gasteiger partial charge in [0.1, 0.15) is 12.3 Å². The first-order valence-corrected chi connectivity index (χ1v) is 5.47. The Balaban J connectivity index is 1.87. The van der Waals surface area contributed by atoms with Crippen molar-refractivity contribution in [2.75, 3.05) is 6.54 Å². The van der Waals surface area contributed by atoms with Crippen molar-refractivity contribution in [3.05, 3.63) is 16.3 Å². The predicted molar refractivity (Wildman–Crippen MR) is 55.0 cm³/mol. The molecule has 2 rings (SSSR count). The van der Waals surface area contributed by atoms with Crippen molar-refractivity contribution in [1.82, 2.24) is 4.98 Å². The standard InChI is InChI=1S/C8H11N3O3S/c9-3-5-1-6(2-5)14-8-10-4-7(15-8)11(12)13/h4-6H,1-3,9H2. The van der Waals surface area contributed by atoms with Crippen molar-refractivity contribution in [3.8, 4) is 5.19 Å². The maximum atomic E-state index is 10.4. The molecule has 7 heteroatoms. The molecule has 1 aliphatic carbocycles. The minimum atomic E-state index is -0.464. The highest BCUT2D eigenvalue weighted by Gasteiger charge is 2.30. The number of nitrogens with two attached hydrogens (primary N) is 1. The van der Waals surface area contributed by atoms with Gasteiger partial charge < -0.3 is 10.5 Å². The van der Waals surface area contributed by atoms with Crippen LogP contribution in [0.25, 0.3) is 0 Å². The normalized spacial score (nSPS) is 24.6. The minimum Gasteiger partial charge on any atom is -0.467 e. The van der Waals surface area contributed by atoms with Crippen LogP contribution in [0.5, 0.6) is 5.19 Å². The lowest BCUT2D eigenvalue weighted by molar-refractivity contribution is -0.380. The molecule has 82 valence electrons. The molecule has 1 heterocycles. The molecule has 0 spiro atoms. The third kappa shape index (κ3) is 2.24. The van der Waals surface area contributed by atoms with Gasteiger partial charge in [0.15, 0.2) is 0 Å². The van der Waals surface area contributed by atoms with E-state index >= 15 is 0 Å². The molecule has 1 fully saturated rings. The van der Waals surface area contributed by atoms with Gasteiger partial charge in [-0.25, -0.2) is 4.98 Å². The summed E-state index contributed by atoms with van der Waals surface area (Å²) in [4.78, 5) is 13.8. The fraction of sp³-hybridized carbons (Fsp3) is 0.625. The molecule has 1 aromatic rings. The van der Waals surface area contributed by atoms with Crippen molar-refractivity contribution in [2.45, 2.75) is 18.9 Å². The van der Waals surface area contributed by atoms with Crippen molar-refractivity contribution in [1.29, 1.82) is 0 Å². The van der Waals surface area contributed by atoms with Crippen LogP contribution in [-0.4, -0.2) is 22.6 Å². The van der Waals surface area contributed by atoms with Gasteiger partial charge in [0.05, 0.1) is 4.92 Å². The molecule has 0 bridgehead atoms. The summed E-state index contributed by atoms with van der Waals surface area (Å²) in [7, 11) is 0. The van der Waals surface area contributed by atoms with Crippen molar-refractivity contribution in [2.24, 2.45) is 11.7 Å². The van der Waals surface area contributed by atoms with Crippen LogP contribution in [0.3, 0.4) is 0 Å². The Kier molecular flexibility index (Phi) is 2.83. The summed E-state index contributed by atoms with van der Waals surface area (Å²) in [6.07, 6.45) is 3.19. The third-order valence-corrected chi connectivity index (χ3v) is 3.29. The average Bonchev–Trinajstić information content (AvgIpc) is 2.58. The summed E-state index contributed by atoms with van der Waals surface area (Å²) in [6.45, 7) is 0.678. The highest BCUT2D eigenvalue weighted by molar-refractivity contribution is 7.16. The maximum absolute atomic E-state index is 10.4. The Hall–Kier alpha value is -1.21. The van der Waals surface area contributed by atoms with Crippen LogP contribution in [0, 0.1) is 16.0 Å². The Morgan fingerprint density at radius 1 is 1.73 bits per heavy atom. The van der Waals surface area contributed by atoms with Gasteiger partial charge in [0.2, 0.25) is 0 Å². The van der Waals surface area contributed by atoms with Crippen LogP contribution in [0.4, 0.5) is 5.00 Å². The van der Waals surface area contributed by atoms with Crippen LogP contribution < -0.4 is 10.5 Å². The molecule has 15 heavy (non-hydrogen) atoms. The zero-order chi connectivity index (χ0) is 10.8. The highest BCUT2D eigenvalue weighted by Crippen LogP contribution is 2.34. The predicted octanol–water partition coefficient (Wildman–Crippen LogP) is 1.17. The quantitative estimate of drug-likeness (QED) is 0.618. The van der Waals surface area contributed by atoms with Crippen LogP contribution in [0.2, 0.25) is 0 Å². The summed E-state index contributed by atoms with van der Waals surface area (Å²) in [5.74, 6) is 0.532. The summed E-state index contributed by atoms with van der Waals surface area (Å²) in [5, 5.41) is 10.8. The second-order valence-electron chi connectivity index (χ2n) is 3.53. The third-order valence-electron chi connectivity index (χ3n) is 2.45. The Morgan fingerprint density at radius 3 is 3.00 bits per heavy atom. The largest absolute Gasteiger partial charge is 0.467 e. The zero-order valence-corrected chi connectivity index (χ0v) is 8.77. The molecule has 1 aliphatic rings. The van der Waals surface area contributed by atoms with Gasteiger partial charge in [0, 0.05) is 0 Å². The fourth-order valence-corrected chi connectivity index (χ4v) is 2.14. The lowest BCUT2D eigenvalue weighted by atomic mass is 9.82. The molecular weight excluding hydrogens is 218 g/mol. The Labute approximate surface area is 90.2 Å². The van der Waals surface area contributed by atoms with Gasteiger partial charge >= 0.3 is 5.00 Å². The number of ether oxygens (including phenoxy) is 1. The molecule has 6 nitrogen and oxygen atoms in total. The van der Waals surface area contributed by atoms with Gasteiger partial charge in [-0.3, -0.25) is 10.1 Å². The molecule has 0 amide bonds. The molecule has 2 N–H and O–H groups in total. The van der Waals surface area contributed by atoms with E-state index in [1.807, 2.05) is 0 Å². The van der Waals surface area contributed by atoms with E-state index < -0.39 is 4.92 Å². The molecule has 1 saturated carbocycles. The molecule has 0 aromatic carbocycles. The smallest absolute Gasteiger partial charge is 0.347 e. The first kappa shape index (κ1) is 10.3. The van der Waals surface area contributed by atoms with Gasteiger partial charge in [-0.15, -0.1) is 0 Å². The molecular formula is C8H11N3O3S. The maximum Gasteiger partial charge on any atom is 0.347 e. The fourth-order valence-electron chi connectivity index (χ4n) is 1.49. The first-order valence-electron chi connectivity index (χ1n) is 4.66. The van der Waals surface area contributed by atoms with Crippen LogP contribution in [0.1, 0.15) is 12.8 Å². The minimum absolute atomic E-state index is 0.0136. The van der Waals surface area contributed by atoms with Crippen LogP contribution in [0.15, 0.2) is 6.20 Å². The second-order valence-corrected chi connectivity index (χ2v) is 4.51. The monoisotopic (exact) mass is 229 g/mol. The number of thiazole rings is 1. The van der Waals surface area contributed by atoms with Crippen molar-refractivity contribution >= 4 is 16.3 Å². The first-order chi connectivity index (χ1) is 7.19. The van der Waals surface area contributed by atoms with Crippen molar-refractivity contribution < 1.29 is 9.66 Å². The van der Waals surface area contributed by atoms with Gasteiger partial charge in [-0.2, -0.15) is 0 Å². The van der Waals surface area contributed by atoms with E-state index in [4.69, 9.17) is 10.5 Å². The number of hydrogen-bond donors (Lipinski definition) is 1. The topological polar surface area (TPSA) is 91.3 Å². The summed E-state index contributed by atoms with van der Waals surface area (Å²) in [6, 6.07) is 0. The van der Waals surface area contributed by atoms with Crippen LogP contribution >= 0.6 is 11.3 Å². The summed E-state index contributed by atoms with van der Waals surface area (Å²) < 4.78 is 5.46. The lowest BCUT2D eigenvalue weighted by Gasteiger charge is -2.33. The van der Waals surface area contributed by atoms with Crippen molar-refractivity contribution in [3.63, 3.8) is 0 Å². The second kappa shape index (κ2) is 4.11. The molecule has 0 saturated heterocycles. The lowest BCUT2D eigenvalue weighted by Crippen LogP contribution is -2.37. The Bertz CT molecular complexity index is 362. The van der Waals surface area contributed by atoms with Gasteiger partial charge in [0.25, 0.3) is 5.19 Å². The van der Waals surface area contributed by atoms with E-state index in [0.717, 1.165) is 24.2 Å². The highest BCUT2D eigenvalue weighted by atomic mass is 32.1. The number of rotatable bonds is 4. The summed E-state index contributed by atoms with van der Waals surface area (Å²) in [5.41, 5.74) is 5.48. The SMILES string of the molecule is NCC1CC(Oc2ncc([N+](=O)[O-])s2)C1. The van der Waals surface area contributed by atoms with E-state index in [1.165, 1.54) is 6.20 Å². The van der Waals surface area contributed by atoms with E-state index in [0.29, 0.717) is 17.7 Å². The summed E-state index contributed by atoms with van der Waals surface area (Å²) >= 11 is 0.964. The van der Waals surface area contributed by atoms with Crippen LogP contribution in [-0.2, 0) is 0 Å². The van der Waals surface area contributed by atoms with E-state index in [-0.39, 0.29) is 11.1 Å². The number of nitro groups is 1. The molecule has 0 radical (unpaired) electrons. The zero-order valence-electron chi connectivity index (χ0n) is 7.96. The molecule has 0 atom stereocenters. The molecule has 0 aliphatic heterocycles. The average molecular weight is 229 g/mol. The van der Waals surface area contributed by atoms with E-state index in [2.05, 4.69) is 4.98 Å². The number of nitrogens with zero attached hydrogens (tertiary/aromatic N) is 2. The number of aromatic nitrogens is 1. The van der Waals surface area contributed by atoms with Gasteiger partial charge in [-0.05, 0) is 36.6 Å². The van der Waals surface area contributed by atoms with E-state index in [1.54, 1.807) is 0 Å². The van der Waals surface area contributed by atoms with Gasteiger partial charge in [-0.1, -0.05) is 0 Å². The number of hydrogen-bond acceptors (Lipinski definition) is 6. The Morgan fingerprint density at radius 2 is 2.47 bits per heavy atom. The van der Waals surface area contributed by atoms with E-state index in [9.17, 15) is 10.1 Å².